The number of nitrogens with zero attached hydrogens (tertiary/aromatic N) is 3. The summed E-state index contributed by atoms with van der Waals surface area (Å²) in [6, 6.07) is 5.98. The highest BCUT2D eigenvalue weighted by Gasteiger charge is 2.17. The molecule has 1 aromatic carbocycles. The number of sulfonamides is 1. The van der Waals surface area contributed by atoms with Gasteiger partial charge in [-0.25, -0.2) is 13.1 Å². The lowest BCUT2D eigenvalue weighted by Gasteiger charge is -2.11. The molecule has 0 aliphatic heterocycles. The number of aryl methyl sites for hydroxylation is 1. The van der Waals surface area contributed by atoms with Gasteiger partial charge in [-0.3, -0.25) is 4.79 Å². The molecule has 0 atom stereocenters. The molecule has 1 aromatic heterocycles. The van der Waals surface area contributed by atoms with Crippen LogP contribution in [0.5, 0.6) is 0 Å². The number of carbonyl (C=O) groups excluding carboxylic acids is 1. The third-order valence-electron chi connectivity index (χ3n) is 3.00. The number of rotatable bonds is 6. The minimum absolute atomic E-state index is 0.0682. The molecule has 0 bridgehead atoms. The Morgan fingerprint density at radius 2 is 2.04 bits per heavy atom. The van der Waals surface area contributed by atoms with Crippen LogP contribution in [0.15, 0.2) is 29.2 Å². The number of amides is 1. The Labute approximate surface area is 139 Å². The number of hydrogen-bond acceptors (Lipinski definition) is 6. The van der Waals surface area contributed by atoms with E-state index in [9.17, 15) is 13.2 Å². The van der Waals surface area contributed by atoms with Crippen molar-refractivity contribution in [2.24, 2.45) is 0 Å². The van der Waals surface area contributed by atoms with E-state index in [2.05, 4.69) is 14.9 Å². The first-order chi connectivity index (χ1) is 10.8. The van der Waals surface area contributed by atoms with E-state index in [-0.39, 0.29) is 17.3 Å². The molecule has 0 saturated heterocycles. The van der Waals surface area contributed by atoms with Gasteiger partial charge in [-0.15, -0.1) is 21.5 Å². The van der Waals surface area contributed by atoms with Crippen LogP contribution in [0.4, 0.5) is 0 Å². The summed E-state index contributed by atoms with van der Waals surface area (Å²) < 4.78 is 27.1. The normalized spacial score (nSPS) is 11.4. The molecule has 0 aliphatic carbocycles. The fraction of sp³-hybridized carbons (Fsp3) is 0.357. The van der Waals surface area contributed by atoms with Crippen molar-refractivity contribution in [1.29, 1.82) is 0 Å². The highest BCUT2D eigenvalue weighted by molar-refractivity contribution is 7.89. The summed E-state index contributed by atoms with van der Waals surface area (Å²) in [6.45, 7) is 2.07. The fourth-order valence-electron chi connectivity index (χ4n) is 1.87. The van der Waals surface area contributed by atoms with Gasteiger partial charge in [-0.05, 0) is 25.1 Å². The van der Waals surface area contributed by atoms with Crippen LogP contribution in [-0.2, 0) is 16.4 Å². The topological polar surface area (TPSA) is 92.3 Å². The van der Waals surface area contributed by atoms with Gasteiger partial charge in [0.15, 0.2) is 0 Å². The minimum atomic E-state index is -3.67. The first-order valence-corrected chi connectivity index (χ1v) is 9.20. The van der Waals surface area contributed by atoms with E-state index in [0.29, 0.717) is 12.0 Å². The van der Waals surface area contributed by atoms with Gasteiger partial charge in [0.05, 0.1) is 4.90 Å². The predicted octanol–water partition coefficient (Wildman–Crippen LogP) is 1.07. The lowest BCUT2D eigenvalue weighted by Crippen LogP contribution is -2.27. The van der Waals surface area contributed by atoms with E-state index in [0.717, 1.165) is 10.0 Å². The first-order valence-electron chi connectivity index (χ1n) is 6.90. The Balaban J connectivity index is 2.07. The lowest BCUT2D eigenvalue weighted by molar-refractivity contribution is 0.0827. The van der Waals surface area contributed by atoms with Crippen molar-refractivity contribution in [2.75, 3.05) is 20.6 Å². The molecule has 23 heavy (non-hydrogen) atoms. The molecule has 9 heteroatoms. The number of hydrogen-bond donors (Lipinski definition) is 1. The van der Waals surface area contributed by atoms with E-state index in [1.54, 1.807) is 26.2 Å². The van der Waals surface area contributed by atoms with E-state index < -0.39 is 10.0 Å². The second-order valence-electron chi connectivity index (χ2n) is 5.09. The highest BCUT2D eigenvalue weighted by atomic mass is 32.2. The molecule has 0 unspecified atom stereocenters. The maximum atomic E-state index is 12.3. The van der Waals surface area contributed by atoms with Gasteiger partial charge in [0.2, 0.25) is 10.0 Å². The zero-order valence-electron chi connectivity index (χ0n) is 13.1. The zero-order chi connectivity index (χ0) is 17.0. The van der Waals surface area contributed by atoms with Crippen molar-refractivity contribution in [3.05, 3.63) is 39.8 Å². The predicted molar refractivity (Wildman–Crippen MR) is 88.0 cm³/mol. The third kappa shape index (κ3) is 4.57. The van der Waals surface area contributed by atoms with Crippen LogP contribution in [0.1, 0.15) is 20.4 Å². The highest BCUT2D eigenvalue weighted by Crippen LogP contribution is 2.13. The molecule has 0 aliphatic rings. The quantitative estimate of drug-likeness (QED) is 0.838. The molecule has 1 N–H and O–H groups in total. The Morgan fingerprint density at radius 1 is 1.30 bits per heavy atom. The molecule has 0 saturated carbocycles. The molecule has 0 radical (unpaired) electrons. The molecule has 0 fully saturated rings. The van der Waals surface area contributed by atoms with Crippen LogP contribution in [0.2, 0.25) is 0 Å². The summed E-state index contributed by atoms with van der Waals surface area (Å²) in [5, 5.41) is 9.46. The summed E-state index contributed by atoms with van der Waals surface area (Å²) in [5.41, 5.74) is 0.331. The van der Waals surface area contributed by atoms with Gasteiger partial charge in [0, 0.05) is 32.6 Å². The van der Waals surface area contributed by atoms with Gasteiger partial charge in [-0.1, -0.05) is 6.07 Å². The van der Waals surface area contributed by atoms with Crippen LogP contribution >= 0.6 is 11.3 Å². The monoisotopic (exact) mass is 354 g/mol. The van der Waals surface area contributed by atoms with Crippen LogP contribution in [0.25, 0.3) is 0 Å². The minimum Gasteiger partial charge on any atom is -0.345 e. The van der Waals surface area contributed by atoms with Crippen LogP contribution in [0.3, 0.4) is 0 Å². The third-order valence-corrected chi connectivity index (χ3v) is 5.35. The Kier molecular flexibility index (Phi) is 5.45. The number of carbonyl (C=O) groups is 1. The lowest BCUT2D eigenvalue weighted by atomic mass is 10.2. The number of aromatic nitrogens is 2. The molecule has 2 aromatic rings. The van der Waals surface area contributed by atoms with Crippen molar-refractivity contribution in [3.8, 4) is 0 Å². The second-order valence-corrected chi connectivity index (χ2v) is 8.12. The average Bonchev–Trinajstić information content (AvgIpc) is 2.92. The molecule has 1 amide bonds. The fourth-order valence-corrected chi connectivity index (χ4v) is 3.65. The van der Waals surface area contributed by atoms with Crippen LogP contribution in [0, 0.1) is 6.92 Å². The molecule has 1 heterocycles. The second kappa shape index (κ2) is 7.16. The maximum Gasteiger partial charge on any atom is 0.253 e. The number of benzene rings is 1. The molecule has 0 spiro atoms. The standard InChI is InChI=1S/C14H18N4O3S2/c1-10-16-17-13(22-10)7-8-15-23(20,21)12-6-4-5-11(9-12)14(19)18(2)3/h4-6,9,15H,7-8H2,1-3H3. The van der Waals surface area contributed by atoms with Gasteiger partial charge in [0.25, 0.3) is 5.91 Å². The number of nitrogens with one attached hydrogen (secondary N) is 1. The van der Waals surface area contributed by atoms with Crippen molar-refractivity contribution in [1.82, 2.24) is 19.8 Å². The molecule has 124 valence electrons. The molecular weight excluding hydrogens is 336 g/mol. The van der Waals surface area contributed by atoms with Crippen molar-refractivity contribution in [2.45, 2.75) is 18.2 Å². The molecule has 2 rings (SSSR count). The summed E-state index contributed by atoms with van der Waals surface area (Å²) in [5.74, 6) is -0.244. The molecular formula is C14H18N4O3S2. The van der Waals surface area contributed by atoms with E-state index >= 15 is 0 Å². The zero-order valence-corrected chi connectivity index (χ0v) is 14.7. The van der Waals surface area contributed by atoms with Gasteiger partial charge in [-0.2, -0.15) is 0 Å². The van der Waals surface area contributed by atoms with Crippen molar-refractivity contribution in [3.63, 3.8) is 0 Å². The summed E-state index contributed by atoms with van der Waals surface area (Å²) >= 11 is 1.44. The van der Waals surface area contributed by atoms with Gasteiger partial charge < -0.3 is 4.90 Å². The van der Waals surface area contributed by atoms with E-state index in [1.165, 1.54) is 28.4 Å². The summed E-state index contributed by atoms with van der Waals surface area (Å²) in [7, 11) is -0.436. The van der Waals surface area contributed by atoms with Crippen molar-refractivity contribution >= 4 is 27.3 Å². The van der Waals surface area contributed by atoms with Crippen LogP contribution in [-0.4, -0.2) is 50.1 Å². The Morgan fingerprint density at radius 3 is 2.65 bits per heavy atom. The Hall–Kier alpha value is -1.84. The summed E-state index contributed by atoms with van der Waals surface area (Å²) in [6.07, 6.45) is 0.473. The largest absolute Gasteiger partial charge is 0.345 e. The van der Waals surface area contributed by atoms with E-state index in [4.69, 9.17) is 0 Å². The Bertz CT molecular complexity index is 800. The van der Waals surface area contributed by atoms with Crippen molar-refractivity contribution < 1.29 is 13.2 Å². The first kappa shape index (κ1) is 17.5. The maximum absolute atomic E-state index is 12.3. The molecule has 7 nitrogen and oxygen atoms in total. The van der Waals surface area contributed by atoms with Gasteiger partial charge >= 0.3 is 0 Å². The average molecular weight is 354 g/mol. The smallest absolute Gasteiger partial charge is 0.253 e. The summed E-state index contributed by atoms with van der Waals surface area (Å²) in [4.78, 5) is 13.4. The van der Waals surface area contributed by atoms with Crippen LogP contribution < -0.4 is 4.72 Å². The van der Waals surface area contributed by atoms with Gasteiger partial charge in [0.1, 0.15) is 10.0 Å². The van der Waals surface area contributed by atoms with E-state index in [1.807, 2.05) is 6.92 Å². The SMILES string of the molecule is Cc1nnc(CCNS(=O)(=O)c2cccc(C(=O)N(C)C)c2)s1.